The van der Waals surface area contributed by atoms with E-state index in [0.717, 1.165) is 0 Å². The summed E-state index contributed by atoms with van der Waals surface area (Å²) in [5, 5.41) is 0.181. The molecule has 1 saturated carbocycles. The van der Waals surface area contributed by atoms with Gasteiger partial charge in [-0.25, -0.2) is 0 Å². The van der Waals surface area contributed by atoms with E-state index in [1.807, 2.05) is 20.9 Å². The first-order valence-electron chi connectivity index (χ1n) is 7.28. The highest BCUT2D eigenvalue weighted by atomic mass is 35.5. The Kier molecular flexibility index (Phi) is 5.02. The number of anilines is 1. The maximum Gasteiger partial charge on any atom is 0.322 e. The van der Waals surface area contributed by atoms with Crippen molar-refractivity contribution in [3.8, 4) is 6.01 Å². The first-order valence-corrected chi connectivity index (χ1v) is 7.66. The maximum absolute atomic E-state index is 5.98. The Bertz CT molecular complexity index is 455. The highest BCUT2D eigenvalue weighted by Crippen LogP contribution is 2.29. The molecule has 1 aliphatic carbocycles. The number of aromatic nitrogens is 3. The number of hydrogen-bond acceptors (Lipinski definition) is 5. The number of rotatable bonds is 4. The molecule has 112 valence electrons. The standard InChI is InChI=1S/C14H23ClN4O/c1-9(2)20-14-17-12(15)16-13(18-14)19(4)11-8-6-5-7-10(11)3/h9-11H,5-8H2,1-4H3. The number of nitrogens with zero attached hydrogens (tertiary/aromatic N) is 4. The Labute approximate surface area is 125 Å². The average molecular weight is 299 g/mol. The Morgan fingerprint density at radius 3 is 2.55 bits per heavy atom. The molecule has 0 aliphatic heterocycles. The summed E-state index contributed by atoms with van der Waals surface area (Å²) in [6.07, 6.45) is 5.00. The molecule has 0 aromatic carbocycles. The van der Waals surface area contributed by atoms with Crippen LogP contribution in [0.4, 0.5) is 5.95 Å². The van der Waals surface area contributed by atoms with Gasteiger partial charge in [0, 0.05) is 13.1 Å². The van der Waals surface area contributed by atoms with Crippen molar-refractivity contribution in [1.29, 1.82) is 0 Å². The highest BCUT2D eigenvalue weighted by molar-refractivity contribution is 6.28. The van der Waals surface area contributed by atoms with Crippen molar-refractivity contribution in [2.75, 3.05) is 11.9 Å². The zero-order chi connectivity index (χ0) is 14.7. The van der Waals surface area contributed by atoms with Crippen LogP contribution in [0.1, 0.15) is 46.5 Å². The Morgan fingerprint density at radius 1 is 1.20 bits per heavy atom. The fourth-order valence-electron chi connectivity index (χ4n) is 2.76. The molecule has 2 unspecified atom stereocenters. The van der Waals surface area contributed by atoms with Crippen LogP contribution in [0.15, 0.2) is 0 Å². The summed E-state index contributed by atoms with van der Waals surface area (Å²) in [5.41, 5.74) is 0. The molecule has 20 heavy (non-hydrogen) atoms. The minimum Gasteiger partial charge on any atom is -0.461 e. The van der Waals surface area contributed by atoms with Crippen LogP contribution in [0.3, 0.4) is 0 Å². The first kappa shape index (κ1) is 15.3. The molecule has 1 aromatic rings. The van der Waals surface area contributed by atoms with Gasteiger partial charge in [0.25, 0.3) is 0 Å². The normalized spacial score (nSPS) is 22.9. The van der Waals surface area contributed by atoms with Crippen LogP contribution in [0.25, 0.3) is 0 Å². The molecule has 1 aliphatic rings. The molecule has 0 saturated heterocycles. The topological polar surface area (TPSA) is 51.1 Å². The molecular formula is C14H23ClN4O. The molecule has 0 amide bonds. The molecule has 1 fully saturated rings. The van der Waals surface area contributed by atoms with E-state index in [1.165, 1.54) is 25.7 Å². The number of hydrogen-bond donors (Lipinski definition) is 0. The van der Waals surface area contributed by atoms with Gasteiger partial charge in [0.05, 0.1) is 6.10 Å². The first-order chi connectivity index (χ1) is 9.47. The van der Waals surface area contributed by atoms with Crippen molar-refractivity contribution in [2.24, 2.45) is 5.92 Å². The number of ether oxygens (including phenoxy) is 1. The third-order valence-electron chi connectivity index (χ3n) is 3.80. The van der Waals surface area contributed by atoms with Crippen molar-refractivity contribution in [1.82, 2.24) is 15.0 Å². The molecule has 0 bridgehead atoms. The zero-order valence-electron chi connectivity index (χ0n) is 12.6. The fraction of sp³-hybridized carbons (Fsp3) is 0.786. The van der Waals surface area contributed by atoms with Crippen LogP contribution in [0.2, 0.25) is 5.28 Å². The second-order valence-electron chi connectivity index (χ2n) is 5.79. The van der Waals surface area contributed by atoms with Crippen LogP contribution >= 0.6 is 11.6 Å². The van der Waals surface area contributed by atoms with Gasteiger partial charge in [-0.15, -0.1) is 0 Å². The summed E-state index contributed by atoms with van der Waals surface area (Å²) in [4.78, 5) is 14.8. The van der Waals surface area contributed by atoms with Gasteiger partial charge >= 0.3 is 6.01 Å². The van der Waals surface area contributed by atoms with Crippen molar-refractivity contribution in [2.45, 2.75) is 58.6 Å². The summed E-state index contributed by atoms with van der Waals surface area (Å²) < 4.78 is 5.53. The largest absolute Gasteiger partial charge is 0.461 e. The van der Waals surface area contributed by atoms with Crippen LogP contribution < -0.4 is 9.64 Å². The molecule has 0 N–H and O–H groups in total. The van der Waals surface area contributed by atoms with Crippen LogP contribution in [-0.2, 0) is 0 Å². The highest BCUT2D eigenvalue weighted by Gasteiger charge is 2.27. The predicted molar refractivity (Wildman–Crippen MR) is 80.4 cm³/mol. The lowest BCUT2D eigenvalue weighted by Gasteiger charge is -2.36. The third kappa shape index (κ3) is 3.72. The van der Waals surface area contributed by atoms with Gasteiger partial charge in [-0.05, 0) is 44.2 Å². The lowest BCUT2D eigenvalue weighted by Crippen LogP contribution is -2.40. The predicted octanol–water partition coefficient (Wildman–Crippen LogP) is 3.33. The summed E-state index contributed by atoms with van der Waals surface area (Å²) >= 11 is 5.98. The van der Waals surface area contributed by atoms with Gasteiger partial charge in [0.2, 0.25) is 11.2 Å². The van der Waals surface area contributed by atoms with Gasteiger partial charge in [0.15, 0.2) is 0 Å². The van der Waals surface area contributed by atoms with E-state index in [9.17, 15) is 0 Å². The minimum absolute atomic E-state index is 0.0141. The van der Waals surface area contributed by atoms with Crippen LogP contribution in [0.5, 0.6) is 6.01 Å². The summed E-state index contributed by atoms with van der Waals surface area (Å²) in [5.74, 6) is 1.23. The van der Waals surface area contributed by atoms with Gasteiger partial charge in [-0.3, -0.25) is 0 Å². The molecule has 6 heteroatoms. The molecule has 1 aromatic heterocycles. The summed E-state index contributed by atoms with van der Waals surface area (Å²) in [7, 11) is 2.03. The van der Waals surface area contributed by atoms with Crippen molar-refractivity contribution >= 4 is 17.5 Å². The third-order valence-corrected chi connectivity index (χ3v) is 3.97. The Balaban J connectivity index is 2.20. The smallest absolute Gasteiger partial charge is 0.322 e. The van der Waals surface area contributed by atoms with E-state index < -0.39 is 0 Å². The second-order valence-corrected chi connectivity index (χ2v) is 6.13. The van der Waals surface area contributed by atoms with E-state index >= 15 is 0 Å². The maximum atomic E-state index is 5.98. The molecule has 0 radical (unpaired) electrons. The van der Waals surface area contributed by atoms with Crippen molar-refractivity contribution in [3.05, 3.63) is 5.28 Å². The van der Waals surface area contributed by atoms with Gasteiger partial charge in [0.1, 0.15) is 0 Å². The summed E-state index contributed by atoms with van der Waals surface area (Å²) in [6.45, 7) is 6.16. The molecule has 5 nitrogen and oxygen atoms in total. The Morgan fingerprint density at radius 2 is 1.90 bits per heavy atom. The van der Waals surface area contributed by atoms with E-state index in [-0.39, 0.29) is 11.4 Å². The number of halogens is 1. The quantitative estimate of drug-likeness (QED) is 0.853. The SMILES string of the molecule is CC(C)Oc1nc(Cl)nc(N(C)C2CCCCC2C)n1. The fourth-order valence-corrected chi connectivity index (χ4v) is 2.91. The van der Waals surface area contributed by atoms with Gasteiger partial charge in [-0.1, -0.05) is 19.8 Å². The zero-order valence-corrected chi connectivity index (χ0v) is 13.4. The second kappa shape index (κ2) is 6.57. The lowest BCUT2D eigenvalue weighted by atomic mass is 9.85. The van der Waals surface area contributed by atoms with E-state index in [4.69, 9.17) is 16.3 Å². The minimum atomic E-state index is 0.0141. The van der Waals surface area contributed by atoms with Crippen LogP contribution in [0, 0.1) is 5.92 Å². The molecule has 1 heterocycles. The molecular weight excluding hydrogens is 276 g/mol. The van der Waals surface area contributed by atoms with E-state index in [2.05, 4.69) is 26.8 Å². The van der Waals surface area contributed by atoms with Crippen molar-refractivity contribution in [3.63, 3.8) is 0 Å². The van der Waals surface area contributed by atoms with E-state index in [1.54, 1.807) is 0 Å². The monoisotopic (exact) mass is 298 g/mol. The van der Waals surface area contributed by atoms with Crippen LogP contribution in [-0.4, -0.2) is 34.1 Å². The Hall–Kier alpha value is -1.10. The van der Waals surface area contributed by atoms with E-state index in [0.29, 0.717) is 23.9 Å². The molecule has 2 atom stereocenters. The van der Waals surface area contributed by atoms with Gasteiger partial charge in [-0.2, -0.15) is 15.0 Å². The molecule has 0 spiro atoms. The lowest BCUT2D eigenvalue weighted by molar-refractivity contribution is 0.221. The molecule has 2 rings (SSSR count). The average Bonchev–Trinajstić information content (AvgIpc) is 2.37. The van der Waals surface area contributed by atoms with Crippen molar-refractivity contribution < 1.29 is 4.74 Å². The van der Waals surface area contributed by atoms with Gasteiger partial charge < -0.3 is 9.64 Å². The summed E-state index contributed by atoms with van der Waals surface area (Å²) in [6, 6.07) is 0.749.